The van der Waals surface area contributed by atoms with Gasteiger partial charge >= 0.3 is 0 Å². The minimum atomic E-state index is -0.0527. The van der Waals surface area contributed by atoms with Crippen LogP contribution in [0.3, 0.4) is 0 Å². The van der Waals surface area contributed by atoms with E-state index in [1.807, 2.05) is 61.5 Å². The van der Waals surface area contributed by atoms with Crippen LogP contribution in [0.25, 0.3) is 0 Å². The van der Waals surface area contributed by atoms with E-state index in [0.29, 0.717) is 25.2 Å². The number of nitrogens with one attached hydrogen (secondary N) is 3. The maximum atomic E-state index is 12.1. The number of carbonyl (C=O) groups is 1. The first kappa shape index (κ1) is 24.2. The van der Waals surface area contributed by atoms with Crippen LogP contribution in [0.15, 0.2) is 59.6 Å². The molecule has 3 N–H and O–H groups in total. The minimum Gasteiger partial charge on any atom is -0.497 e. The molecule has 0 radical (unpaired) electrons. The first-order chi connectivity index (χ1) is 15.2. The van der Waals surface area contributed by atoms with Gasteiger partial charge in [0.1, 0.15) is 5.75 Å². The quantitative estimate of drug-likeness (QED) is 0.261. The van der Waals surface area contributed by atoms with E-state index in [-0.39, 0.29) is 5.91 Å². The molecule has 0 heterocycles. The van der Waals surface area contributed by atoms with Gasteiger partial charge in [-0.05, 0) is 49.6 Å². The molecule has 0 aliphatic rings. The van der Waals surface area contributed by atoms with Crippen molar-refractivity contribution >= 4 is 11.9 Å². The van der Waals surface area contributed by atoms with E-state index in [2.05, 4.69) is 20.9 Å². The Labute approximate surface area is 185 Å². The largest absolute Gasteiger partial charge is 0.497 e. The highest BCUT2D eigenvalue weighted by molar-refractivity contribution is 5.94. The monoisotopic (exact) mass is 426 g/mol. The fourth-order valence-electron chi connectivity index (χ4n) is 2.79. The van der Waals surface area contributed by atoms with Gasteiger partial charge in [0.2, 0.25) is 0 Å². The second-order valence-corrected chi connectivity index (χ2v) is 6.89. The lowest BCUT2D eigenvalue weighted by molar-refractivity contribution is 0.0953. The van der Waals surface area contributed by atoms with Crippen LogP contribution in [-0.2, 0) is 11.3 Å². The standard InChI is InChI=1S/C24H34N4O3/c1-3-31-18-8-17-27-24(28-19-20-11-13-22(30-2)14-12-20)26-16-7-15-25-23(29)21-9-5-4-6-10-21/h4-6,9-14H,3,7-8,15-19H2,1-2H3,(H,25,29)(H2,26,27,28). The van der Waals surface area contributed by atoms with E-state index in [4.69, 9.17) is 9.47 Å². The number of nitrogens with zero attached hydrogens (tertiary/aromatic N) is 1. The summed E-state index contributed by atoms with van der Waals surface area (Å²) in [5.41, 5.74) is 1.78. The predicted octanol–water partition coefficient (Wildman–Crippen LogP) is 2.98. The smallest absolute Gasteiger partial charge is 0.251 e. The molecule has 0 aliphatic heterocycles. The maximum absolute atomic E-state index is 12.1. The van der Waals surface area contributed by atoms with Crippen LogP contribution in [0, 0.1) is 0 Å². The van der Waals surface area contributed by atoms with Gasteiger partial charge in [-0.1, -0.05) is 30.3 Å². The lowest BCUT2D eigenvalue weighted by atomic mass is 10.2. The Hall–Kier alpha value is -3.06. The molecule has 0 saturated heterocycles. The zero-order valence-corrected chi connectivity index (χ0v) is 18.5. The number of aliphatic imine (C=N–C) groups is 1. The molecule has 0 saturated carbocycles. The summed E-state index contributed by atoms with van der Waals surface area (Å²) in [4.78, 5) is 16.8. The zero-order chi connectivity index (χ0) is 22.2. The summed E-state index contributed by atoms with van der Waals surface area (Å²) in [6.45, 7) is 6.08. The number of hydrogen-bond donors (Lipinski definition) is 3. The van der Waals surface area contributed by atoms with Crippen LogP contribution in [-0.4, -0.2) is 51.8 Å². The van der Waals surface area contributed by atoms with Crippen molar-refractivity contribution in [1.29, 1.82) is 0 Å². The van der Waals surface area contributed by atoms with Gasteiger partial charge in [-0.15, -0.1) is 0 Å². The van der Waals surface area contributed by atoms with Crippen molar-refractivity contribution in [3.8, 4) is 5.75 Å². The van der Waals surface area contributed by atoms with E-state index < -0.39 is 0 Å². The van der Waals surface area contributed by atoms with Crippen molar-refractivity contribution in [2.45, 2.75) is 26.3 Å². The lowest BCUT2D eigenvalue weighted by Crippen LogP contribution is -2.39. The van der Waals surface area contributed by atoms with Crippen molar-refractivity contribution < 1.29 is 14.3 Å². The van der Waals surface area contributed by atoms with Gasteiger partial charge in [-0.3, -0.25) is 4.79 Å². The molecule has 2 aromatic carbocycles. The van der Waals surface area contributed by atoms with Crippen LogP contribution < -0.4 is 20.7 Å². The second-order valence-electron chi connectivity index (χ2n) is 6.89. The van der Waals surface area contributed by atoms with Gasteiger partial charge < -0.3 is 25.4 Å². The van der Waals surface area contributed by atoms with Gasteiger partial charge in [-0.2, -0.15) is 0 Å². The van der Waals surface area contributed by atoms with E-state index in [1.165, 1.54) is 0 Å². The summed E-state index contributed by atoms with van der Waals surface area (Å²) in [7, 11) is 1.66. The molecule has 0 fully saturated rings. The molecule has 2 aromatic rings. The normalized spacial score (nSPS) is 11.1. The third-order valence-electron chi connectivity index (χ3n) is 4.51. The number of carbonyl (C=O) groups excluding carboxylic acids is 1. The molecule has 0 aromatic heterocycles. The molecule has 0 spiro atoms. The molecule has 0 aliphatic carbocycles. The number of methoxy groups -OCH3 is 1. The number of guanidine groups is 1. The topological polar surface area (TPSA) is 84.0 Å². The Kier molecular flexibility index (Phi) is 11.6. The number of amides is 1. The van der Waals surface area contributed by atoms with Crippen molar-refractivity contribution in [2.75, 3.05) is 40.0 Å². The number of ether oxygens (including phenoxy) is 2. The minimum absolute atomic E-state index is 0.0527. The van der Waals surface area contributed by atoms with Gasteiger partial charge in [0, 0.05) is 38.4 Å². The van der Waals surface area contributed by atoms with Crippen molar-refractivity contribution in [3.05, 3.63) is 65.7 Å². The first-order valence-electron chi connectivity index (χ1n) is 10.8. The van der Waals surface area contributed by atoms with Crippen molar-refractivity contribution in [1.82, 2.24) is 16.0 Å². The molecule has 1 amide bonds. The average Bonchev–Trinajstić information content (AvgIpc) is 2.82. The highest BCUT2D eigenvalue weighted by atomic mass is 16.5. The Morgan fingerprint density at radius 3 is 2.26 bits per heavy atom. The lowest BCUT2D eigenvalue weighted by Gasteiger charge is -2.13. The molecular weight excluding hydrogens is 392 g/mol. The third kappa shape index (κ3) is 10.00. The fourth-order valence-corrected chi connectivity index (χ4v) is 2.79. The SMILES string of the molecule is CCOCCCNC(=NCc1ccc(OC)cc1)NCCCNC(=O)c1ccccc1. The Morgan fingerprint density at radius 1 is 0.903 bits per heavy atom. The third-order valence-corrected chi connectivity index (χ3v) is 4.51. The molecule has 31 heavy (non-hydrogen) atoms. The molecule has 0 bridgehead atoms. The number of hydrogen-bond acceptors (Lipinski definition) is 4. The second kappa shape index (κ2) is 14.8. The first-order valence-corrected chi connectivity index (χ1v) is 10.8. The summed E-state index contributed by atoms with van der Waals surface area (Å²) >= 11 is 0. The zero-order valence-electron chi connectivity index (χ0n) is 18.5. The summed E-state index contributed by atoms with van der Waals surface area (Å²) < 4.78 is 10.6. The van der Waals surface area contributed by atoms with E-state index in [1.54, 1.807) is 7.11 Å². The highest BCUT2D eigenvalue weighted by Gasteiger charge is 2.04. The Bertz CT molecular complexity index is 779. The van der Waals surface area contributed by atoms with Crippen LogP contribution in [0.4, 0.5) is 0 Å². The predicted molar refractivity (Wildman–Crippen MR) is 125 cm³/mol. The maximum Gasteiger partial charge on any atom is 0.251 e. The molecule has 7 heteroatoms. The molecule has 0 unspecified atom stereocenters. The molecule has 0 atom stereocenters. The number of benzene rings is 2. The summed E-state index contributed by atoms with van der Waals surface area (Å²) in [5.74, 6) is 1.53. The van der Waals surface area contributed by atoms with Crippen LogP contribution >= 0.6 is 0 Å². The molecule has 2 rings (SSSR count). The van der Waals surface area contributed by atoms with Gasteiger partial charge in [0.05, 0.1) is 13.7 Å². The van der Waals surface area contributed by atoms with Crippen molar-refractivity contribution in [2.24, 2.45) is 4.99 Å². The van der Waals surface area contributed by atoms with E-state index in [0.717, 1.165) is 49.9 Å². The van der Waals surface area contributed by atoms with Crippen LogP contribution in [0.2, 0.25) is 0 Å². The van der Waals surface area contributed by atoms with E-state index >= 15 is 0 Å². The number of rotatable bonds is 13. The summed E-state index contributed by atoms with van der Waals surface area (Å²) in [5, 5.41) is 9.62. The highest BCUT2D eigenvalue weighted by Crippen LogP contribution is 2.11. The summed E-state index contributed by atoms with van der Waals surface area (Å²) in [6, 6.07) is 17.1. The van der Waals surface area contributed by atoms with Crippen molar-refractivity contribution in [3.63, 3.8) is 0 Å². The van der Waals surface area contributed by atoms with Gasteiger partial charge in [0.25, 0.3) is 5.91 Å². The molecular formula is C24H34N4O3. The van der Waals surface area contributed by atoms with Gasteiger partial charge in [-0.25, -0.2) is 4.99 Å². The van der Waals surface area contributed by atoms with Gasteiger partial charge in [0.15, 0.2) is 5.96 Å². The average molecular weight is 427 g/mol. The van der Waals surface area contributed by atoms with E-state index in [9.17, 15) is 4.79 Å². The Balaban J connectivity index is 1.77. The molecule has 7 nitrogen and oxygen atoms in total. The fraction of sp³-hybridized carbons (Fsp3) is 0.417. The Morgan fingerprint density at radius 2 is 1.58 bits per heavy atom. The summed E-state index contributed by atoms with van der Waals surface area (Å²) in [6.07, 6.45) is 1.70. The van der Waals surface area contributed by atoms with Crippen LogP contribution in [0.1, 0.15) is 35.7 Å². The van der Waals surface area contributed by atoms with Crippen LogP contribution in [0.5, 0.6) is 5.75 Å². The molecule has 168 valence electrons.